The zero-order valence-corrected chi connectivity index (χ0v) is 11.3. The Bertz CT molecular complexity index is 561. The number of carbonyl (C=O) groups excluding carboxylic acids is 1. The van der Waals surface area contributed by atoms with Crippen LogP contribution < -0.4 is 9.64 Å². The van der Waals surface area contributed by atoms with Crippen LogP contribution in [0.4, 0.5) is 5.69 Å². The van der Waals surface area contributed by atoms with Crippen LogP contribution in [0.3, 0.4) is 0 Å². The Balaban J connectivity index is 2.35. The molecule has 0 atom stereocenters. The monoisotopic (exact) mass is 259 g/mol. The van der Waals surface area contributed by atoms with Gasteiger partial charge < -0.3 is 14.1 Å². The second-order valence-electron chi connectivity index (χ2n) is 4.40. The van der Waals surface area contributed by atoms with Crippen LogP contribution in [0.1, 0.15) is 22.8 Å². The topological polar surface area (TPSA) is 42.7 Å². The Morgan fingerprint density at radius 3 is 2.74 bits per heavy atom. The maximum Gasteiger partial charge on any atom is 0.165 e. The Kier molecular flexibility index (Phi) is 3.90. The van der Waals surface area contributed by atoms with Crippen LogP contribution in [0.2, 0.25) is 0 Å². The summed E-state index contributed by atoms with van der Waals surface area (Å²) in [6.07, 6.45) is 3.34. The summed E-state index contributed by atoms with van der Waals surface area (Å²) in [4.78, 5) is 13.8. The fourth-order valence-corrected chi connectivity index (χ4v) is 2.10. The summed E-state index contributed by atoms with van der Waals surface area (Å²) in [7, 11) is 3.51. The van der Waals surface area contributed by atoms with Crippen molar-refractivity contribution in [1.82, 2.24) is 0 Å². The van der Waals surface area contributed by atoms with E-state index in [-0.39, 0.29) is 5.78 Å². The number of methoxy groups -OCH3 is 1. The molecule has 1 aromatic heterocycles. The van der Waals surface area contributed by atoms with Gasteiger partial charge >= 0.3 is 0 Å². The predicted molar refractivity (Wildman–Crippen MR) is 73.8 cm³/mol. The Labute approximate surface area is 112 Å². The summed E-state index contributed by atoms with van der Waals surface area (Å²) >= 11 is 0. The Morgan fingerprint density at radius 2 is 2.16 bits per heavy atom. The average molecular weight is 259 g/mol. The molecule has 0 aliphatic heterocycles. The number of Topliss-reactive ketones (excluding diaryl/α,β-unsaturated/α-hetero) is 1. The van der Waals surface area contributed by atoms with E-state index in [2.05, 4.69) is 0 Å². The highest BCUT2D eigenvalue weighted by molar-refractivity contribution is 6.02. The Morgan fingerprint density at radius 1 is 1.37 bits per heavy atom. The molecule has 0 aliphatic rings. The van der Waals surface area contributed by atoms with Crippen molar-refractivity contribution < 1.29 is 13.9 Å². The van der Waals surface area contributed by atoms with E-state index in [0.29, 0.717) is 17.9 Å². The first-order valence-electron chi connectivity index (χ1n) is 6.03. The molecule has 0 N–H and O–H groups in total. The van der Waals surface area contributed by atoms with Gasteiger partial charge in [0.1, 0.15) is 5.75 Å². The molecule has 4 heteroatoms. The van der Waals surface area contributed by atoms with Gasteiger partial charge in [-0.15, -0.1) is 0 Å². The lowest BCUT2D eigenvalue weighted by Gasteiger charge is -2.22. The smallest absolute Gasteiger partial charge is 0.165 e. The van der Waals surface area contributed by atoms with Crippen molar-refractivity contribution in [2.75, 3.05) is 19.1 Å². The van der Waals surface area contributed by atoms with Crippen molar-refractivity contribution in [2.45, 2.75) is 13.5 Å². The van der Waals surface area contributed by atoms with Crippen LogP contribution in [-0.4, -0.2) is 19.9 Å². The van der Waals surface area contributed by atoms with Crippen LogP contribution in [0.25, 0.3) is 0 Å². The van der Waals surface area contributed by atoms with Gasteiger partial charge in [0.05, 0.1) is 30.9 Å². The van der Waals surface area contributed by atoms with Gasteiger partial charge in [-0.05, 0) is 25.1 Å². The van der Waals surface area contributed by atoms with Gasteiger partial charge in [0.25, 0.3) is 0 Å². The van der Waals surface area contributed by atoms with Gasteiger partial charge in [0, 0.05) is 19.2 Å². The molecule has 0 spiro atoms. The molecular formula is C15H17NO3. The molecular weight excluding hydrogens is 242 g/mol. The van der Waals surface area contributed by atoms with E-state index in [1.54, 1.807) is 32.6 Å². The minimum Gasteiger partial charge on any atom is -0.496 e. The molecule has 1 aromatic carbocycles. The standard InChI is InChI=1S/C15H17NO3/c1-11(17)15-13(5-4-6-14(15)18-3)16(2)9-12-7-8-19-10-12/h4-8,10H,9H2,1-3H3. The molecule has 0 bridgehead atoms. The number of ether oxygens (including phenoxy) is 1. The molecule has 4 nitrogen and oxygen atoms in total. The number of rotatable bonds is 5. The van der Waals surface area contributed by atoms with E-state index in [1.807, 2.05) is 30.1 Å². The molecule has 19 heavy (non-hydrogen) atoms. The number of ketones is 1. The fraction of sp³-hybridized carbons (Fsp3) is 0.267. The summed E-state index contributed by atoms with van der Waals surface area (Å²) in [5.74, 6) is 0.593. The third-order valence-electron chi connectivity index (χ3n) is 2.99. The SMILES string of the molecule is COc1cccc(N(C)Cc2ccoc2)c1C(C)=O. The highest BCUT2D eigenvalue weighted by Crippen LogP contribution is 2.30. The molecule has 2 rings (SSSR count). The van der Waals surface area contributed by atoms with E-state index in [9.17, 15) is 4.79 Å². The second-order valence-corrected chi connectivity index (χ2v) is 4.40. The van der Waals surface area contributed by atoms with Crippen molar-refractivity contribution in [2.24, 2.45) is 0 Å². The highest BCUT2D eigenvalue weighted by atomic mass is 16.5. The molecule has 0 aliphatic carbocycles. The molecule has 0 amide bonds. The minimum absolute atomic E-state index is 0.00788. The van der Waals surface area contributed by atoms with Crippen molar-refractivity contribution >= 4 is 11.5 Å². The van der Waals surface area contributed by atoms with Gasteiger partial charge in [-0.25, -0.2) is 0 Å². The van der Waals surface area contributed by atoms with Gasteiger partial charge in [-0.1, -0.05) is 6.07 Å². The number of carbonyl (C=O) groups is 1. The number of hydrogen-bond donors (Lipinski definition) is 0. The van der Waals surface area contributed by atoms with Gasteiger partial charge in [-0.2, -0.15) is 0 Å². The van der Waals surface area contributed by atoms with Crippen molar-refractivity contribution in [3.05, 3.63) is 47.9 Å². The zero-order valence-electron chi connectivity index (χ0n) is 11.3. The first-order valence-corrected chi connectivity index (χ1v) is 6.03. The average Bonchev–Trinajstić information content (AvgIpc) is 2.90. The normalized spacial score (nSPS) is 10.3. The minimum atomic E-state index is -0.00788. The summed E-state index contributed by atoms with van der Waals surface area (Å²) in [6.45, 7) is 2.22. The van der Waals surface area contributed by atoms with Crippen LogP contribution in [-0.2, 0) is 6.54 Å². The molecule has 1 heterocycles. The number of furan rings is 1. The molecule has 2 aromatic rings. The third kappa shape index (κ3) is 2.78. The second kappa shape index (κ2) is 5.61. The fourth-order valence-electron chi connectivity index (χ4n) is 2.10. The molecule has 100 valence electrons. The van der Waals surface area contributed by atoms with Gasteiger partial charge in [0.15, 0.2) is 5.78 Å². The lowest BCUT2D eigenvalue weighted by atomic mass is 10.1. The maximum absolute atomic E-state index is 11.8. The van der Waals surface area contributed by atoms with E-state index < -0.39 is 0 Å². The number of anilines is 1. The molecule has 0 fully saturated rings. The van der Waals surface area contributed by atoms with E-state index in [1.165, 1.54) is 0 Å². The third-order valence-corrected chi connectivity index (χ3v) is 2.99. The van der Waals surface area contributed by atoms with Crippen LogP contribution in [0.5, 0.6) is 5.75 Å². The quantitative estimate of drug-likeness (QED) is 0.774. The van der Waals surface area contributed by atoms with E-state index in [4.69, 9.17) is 9.15 Å². The number of benzene rings is 1. The predicted octanol–water partition coefficient (Wildman–Crippen LogP) is 3.13. The van der Waals surface area contributed by atoms with Crippen molar-refractivity contribution in [3.63, 3.8) is 0 Å². The molecule has 0 saturated carbocycles. The summed E-state index contributed by atoms with van der Waals surface area (Å²) in [5.41, 5.74) is 2.52. The lowest BCUT2D eigenvalue weighted by Crippen LogP contribution is -2.19. The Hall–Kier alpha value is -2.23. The maximum atomic E-state index is 11.8. The van der Waals surface area contributed by atoms with Crippen LogP contribution in [0.15, 0.2) is 41.2 Å². The molecule has 0 radical (unpaired) electrons. The van der Waals surface area contributed by atoms with Crippen molar-refractivity contribution in [1.29, 1.82) is 0 Å². The van der Waals surface area contributed by atoms with E-state index in [0.717, 1.165) is 11.3 Å². The van der Waals surface area contributed by atoms with E-state index >= 15 is 0 Å². The molecule has 0 unspecified atom stereocenters. The first kappa shape index (κ1) is 13.2. The van der Waals surface area contributed by atoms with Crippen molar-refractivity contribution in [3.8, 4) is 5.75 Å². The summed E-state index contributed by atoms with van der Waals surface area (Å²) in [6, 6.07) is 7.50. The van der Waals surface area contributed by atoms with Crippen LogP contribution >= 0.6 is 0 Å². The number of nitrogens with zero attached hydrogens (tertiary/aromatic N) is 1. The number of hydrogen-bond acceptors (Lipinski definition) is 4. The highest BCUT2D eigenvalue weighted by Gasteiger charge is 2.16. The largest absolute Gasteiger partial charge is 0.496 e. The summed E-state index contributed by atoms with van der Waals surface area (Å²) < 4.78 is 10.3. The first-order chi connectivity index (χ1) is 9.13. The molecule has 0 saturated heterocycles. The zero-order chi connectivity index (χ0) is 13.8. The summed E-state index contributed by atoms with van der Waals surface area (Å²) in [5, 5.41) is 0. The van der Waals surface area contributed by atoms with Gasteiger partial charge in [-0.3, -0.25) is 4.79 Å². The van der Waals surface area contributed by atoms with Gasteiger partial charge in [0.2, 0.25) is 0 Å². The lowest BCUT2D eigenvalue weighted by molar-refractivity contribution is 0.101. The van der Waals surface area contributed by atoms with Crippen LogP contribution in [0, 0.1) is 0 Å².